The largest absolute Gasteiger partial charge is 0.273 e. The van der Waals surface area contributed by atoms with E-state index in [-0.39, 0.29) is 11.9 Å². The minimum Gasteiger partial charge on any atom is -0.273 e. The van der Waals surface area contributed by atoms with Crippen molar-refractivity contribution in [1.29, 1.82) is 0 Å². The van der Waals surface area contributed by atoms with Gasteiger partial charge in [0.25, 0.3) is 0 Å². The fourth-order valence-corrected chi connectivity index (χ4v) is 2.88. The van der Waals surface area contributed by atoms with E-state index in [2.05, 4.69) is 5.10 Å². The van der Waals surface area contributed by atoms with E-state index < -0.39 is 0 Å². The van der Waals surface area contributed by atoms with Gasteiger partial charge in [-0.05, 0) is 23.3 Å². The Morgan fingerprint density at radius 2 is 1.86 bits per heavy atom. The SMILES string of the molecule is CC(=O)N1N=C(c2ccc(Cl)c(Cl)c2)C[C@H]1c1ccccc1. The van der Waals surface area contributed by atoms with Crippen molar-refractivity contribution in [2.75, 3.05) is 0 Å². The standard InChI is InChI=1S/C17H14Cl2N2O/c1-11(22)21-17(12-5-3-2-4-6-12)10-16(20-21)13-7-8-14(18)15(19)9-13/h2-9,17H,10H2,1H3/t17-/m0/s1. The molecule has 1 heterocycles. The minimum absolute atomic E-state index is 0.0797. The zero-order chi connectivity index (χ0) is 15.7. The number of hydrogen-bond acceptors (Lipinski definition) is 2. The van der Waals surface area contributed by atoms with Gasteiger partial charge in [-0.1, -0.05) is 59.6 Å². The molecule has 5 heteroatoms. The van der Waals surface area contributed by atoms with Crippen LogP contribution in [0, 0.1) is 0 Å². The summed E-state index contributed by atoms with van der Waals surface area (Å²) in [6.07, 6.45) is 0.654. The molecule has 0 aromatic heterocycles. The molecule has 2 aromatic carbocycles. The van der Waals surface area contributed by atoms with Crippen LogP contribution in [0.5, 0.6) is 0 Å². The first-order valence-electron chi connectivity index (χ1n) is 6.94. The molecule has 0 unspecified atom stereocenters. The molecule has 0 bridgehead atoms. The summed E-state index contributed by atoms with van der Waals surface area (Å²) in [7, 11) is 0. The minimum atomic E-state index is -0.0804. The number of nitrogens with zero attached hydrogens (tertiary/aromatic N) is 2. The van der Waals surface area contributed by atoms with E-state index in [9.17, 15) is 4.79 Å². The molecule has 1 aliphatic heterocycles. The maximum absolute atomic E-state index is 11.9. The van der Waals surface area contributed by atoms with Crippen molar-refractivity contribution in [3.63, 3.8) is 0 Å². The van der Waals surface area contributed by atoms with E-state index in [1.54, 1.807) is 12.1 Å². The Bertz CT molecular complexity index is 744. The summed E-state index contributed by atoms with van der Waals surface area (Å²) in [5, 5.41) is 7.01. The second-order valence-electron chi connectivity index (χ2n) is 5.17. The van der Waals surface area contributed by atoms with E-state index in [0.717, 1.165) is 16.8 Å². The molecule has 1 aliphatic rings. The smallest absolute Gasteiger partial charge is 0.240 e. The lowest BCUT2D eigenvalue weighted by atomic mass is 9.98. The Morgan fingerprint density at radius 3 is 2.50 bits per heavy atom. The molecular formula is C17H14Cl2N2O. The van der Waals surface area contributed by atoms with Crippen LogP contribution in [0.25, 0.3) is 0 Å². The third-order valence-corrected chi connectivity index (χ3v) is 4.41. The van der Waals surface area contributed by atoms with Gasteiger partial charge in [0, 0.05) is 13.3 Å². The van der Waals surface area contributed by atoms with Crippen molar-refractivity contribution in [3.8, 4) is 0 Å². The summed E-state index contributed by atoms with van der Waals surface area (Å²) in [6.45, 7) is 1.53. The fourth-order valence-electron chi connectivity index (χ4n) is 2.59. The summed E-state index contributed by atoms with van der Waals surface area (Å²) in [6, 6.07) is 15.2. The van der Waals surface area contributed by atoms with Crippen molar-refractivity contribution in [2.45, 2.75) is 19.4 Å². The second kappa shape index (κ2) is 6.11. The highest BCUT2D eigenvalue weighted by Crippen LogP contribution is 2.33. The van der Waals surface area contributed by atoms with Gasteiger partial charge in [0.15, 0.2) is 0 Å². The number of carbonyl (C=O) groups excluding carboxylic acids is 1. The van der Waals surface area contributed by atoms with Gasteiger partial charge in [0.05, 0.1) is 21.8 Å². The lowest BCUT2D eigenvalue weighted by Gasteiger charge is -2.20. The zero-order valence-corrected chi connectivity index (χ0v) is 13.5. The first-order chi connectivity index (χ1) is 10.6. The molecule has 0 spiro atoms. The highest BCUT2D eigenvalue weighted by Gasteiger charge is 2.31. The summed E-state index contributed by atoms with van der Waals surface area (Å²) >= 11 is 12.0. The van der Waals surface area contributed by atoms with Crippen LogP contribution in [0.4, 0.5) is 0 Å². The third kappa shape index (κ3) is 2.87. The lowest BCUT2D eigenvalue weighted by Crippen LogP contribution is -2.24. The first kappa shape index (κ1) is 15.1. The predicted octanol–water partition coefficient (Wildman–Crippen LogP) is 4.69. The molecule has 1 atom stereocenters. The van der Waals surface area contributed by atoms with Crippen molar-refractivity contribution in [1.82, 2.24) is 5.01 Å². The summed E-state index contributed by atoms with van der Waals surface area (Å²) in [5.74, 6) is -0.0797. The molecular weight excluding hydrogens is 319 g/mol. The van der Waals surface area contributed by atoms with Crippen LogP contribution in [0.2, 0.25) is 10.0 Å². The average molecular weight is 333 g/mol. The van der Waals surface area contributed by atoms with Gasteiger partial charge in [0.1, 0.15) is 0 Å². The Kier molecular flexibility index (Phi) is 4.19. The Balaban J connectivity index is 1.96. The van der Waals surface area contributed by atoms with Gasteiger partial charge < -0.3 is 0 Å². The van der Waals surface area contributed by atoms with Gasteiger partial charge in [0.2, 0.25) is 5.91 Å². The van der Waals surface area contributed by atoms with Crippen LogP contribution in [-0.2, 0) is 4.79 Å². The van der Waals surface area contributed by atoms with E-state index in [4.69, 9.17) is 23.2 Å². The van der Waals surface area contributed by atoms with Crippen LogP contribution in [-0.4, -0.2) is 16.6 Å². The first-order valence-corrected chi connectivity index (χ1v) is 7.69. The monoisotopic (exact) mass is 332 g/mol. The van der Waals surface area contributed by atoms with Crippen LogP contribution >= 0.6 is 23.2 Å². The third-order valence-electron chi connectivity index (χ3n) is 3.67. The van der Waals surface area contributed by atoms with Crippen LogP contribution < -0.4 is 0 Å². The van der Waals surface area contributed by atoms with Crippen molar-refractivity contribution in [2.24, 2.45) is 5.10 Å². The van der Waals surface area contributed by atoms with Crippen molar-refractivity contribution >= 4 is 34.8 Å². The van der Waals surface area contributed by atoms with Crippen LogP contribution in [0.1, 0.15) is 30.5 Å². The number of amides is 1. The maximum atomic E-state index is 11.9. The molecule has 0 N–H and O–H groups in total. The molecule has 2 aromatic rings. The van der Waals surface area contributed by atoms with Crippen LogP contribution in [0.15, 0.2) is 53.6 Å². The average Bonchev–Trinajstić information content (AvgIpc) is 2.96. The molecule has 0 saturated heterocycles. The molecule has 1 amide bonds. The molecule has 0 radical (unpaired) electrons. The molecule has 112 valence electrons. The summed E-state index contributed by atoms with van der Waals surface area (Å²) < 4.78 is 0. The Labute approximate surface area is 139 Å². The molecule has 0 fully saturated rings. The quantitative estimate of drug-likeness (QED) is 0.785. The molecule has 3 rings (SSSR count). The van der Waals surface area contributed by atoms with Gasteiger partial charge in [-0.2, -0.15) is 5.10 Å². The normalized spacial score (nSPS) is 17.5. The number of hydrogen-bond donors (Lipinski definition) is 0. The van der Waals surface area contributed by atoms with Gasteiger partial charge >= 0.3 is 0 Å². The van der Waals surface area contributed by atoms with E-state index in [1.165, 1.54) is 11.9 Å². The molecule has 0 saturated carbocycles. The predicted molar refractivity (Wildman–Crippen MR) is 89.3 cm³/mol. The number of hydrazone groups is 1. The molecule has 0 aliphatic carbocycles. The second-order valence-corrected chi connectivity index (χ2v) is 5.98. The highest BCUT2D eigenvalue weighted by molar-refractivity contribution is 6.42. The molecule has 22 heavy (non-hydrogen) atoms. The zero-order valence-electron chi connectivity index (χ0n) is 12.0. The number of benzene rings is 2. The van der Waals surface area contributed by atoms with E-state index >= 15 is 0 Å². The highest BCUT2D eigenvalue weighted by atomic mass is 35.5. The topological polar surface area (TPSA) is 32.7 Å². The van der Waals surface area contributed by atoms with E-state index in [0.29, 0.717) is 16.5 Å². The summed E-state index contributed by atoms with van der Waals surface area (Å²) in [4.78, 5) is 11.9. The summed E-state index contributed by atoms with van der Waals surface area (Å²) in [5.41, 5.74) is 2.79. The number of carbonyl (C=O) groups is 1. The van der Waals surface area contributed by atoms with Gasteiger partial charge in [-0.15, -0.1) is 0 Å². The number of halogens is 2. The maximum Gasteiger partial charge on any atom is 0.240 e. The molecule has 3 nitrogen and oxygen atoms in total. The lowest BCUT2D eigenvalue weighted by molar-refractivity contribution is -0.130. The van der Waals surface area contributed by atoms with Crippen LogP contribution in [0.3, 0.4) is 0 Å². The van der Waals surface area contributed by atoms with Gasteiger partial charge in [-0.25, -0.2) is 5.01 Å². The number of rotatable bonds is 2. The Morgan fingerprint density at radius 1 is 1.14 bits per heavy atom. The van der Waals surface area contributed by atoms with Crippen molar-refractivity contribution < 1.29 is 4.79 Å². The fraction of sp³-hybridized carbons (Fsp3) is 0.176. The van der Waals surface area contributed by atoms with Gasteiger partial charge in [-0.3, -0.25) is 4.79 Å². The Hall–Kier alpha value is -1.84. The van der Waals surface area contributed by atoms with E-state index in [1.807, 2.05) is 36.4 Å². The van der Waals surface area contributed by atoms with Crippen molar-refractivity contribution in [3.05, 3.63) is 69.7 Å².